The Labute approximate surface area is 159 Å². The van der Waals surface area contributed by atoms with Crippen LogP contribution in [0.4, 0.5) is 0 Å². The molecule has 3 heterocycles. The molecule has 4 rings (SSSR count). The van der Waals surface area contributed by atoms with Crippen molar-refractivity contribution in [3.63, 3.8) is 0 Å². The molecule has 0 unspecified atom stereocenters. The summed E-state index contributed by atoms with van der Waals surface area (Å²) in [4.78, 5) is 26.1. The van der Waals surface area contributed by atoms with Gasteiger partial charge in [0.1, 0.15) is 0 Å². The number of amides is 1. The van der Waals surface area contributed by atoms with E-state index in [2.05, 4.69) is 0 Å². The zero-order valence-corrected chi connectivity index (χ0v) is 16.1. The summed E-state index contributed by atoms with van der Waals surface area (Å²) in [6.45, 7) is 0.936. The minimum atomic E-state index is -3.74. The Morgan fingerprint density at radius 1 is 1.15 bits per heavy atom. The maximum atomic E-state index is 13.0. The zero-order chi connectivity index (χ0) is 19.2. The zero-order valence-electron chi connectivity index (χ0n) is 14.5. The average Bonchev–Trinajstić information content (AvgIpc) is 3.30. The first-order valence-corrected chi connectivity index (χ1v) is 10.5. The van der Waals surface area contributed by atoms with Gasteiger partial charge >= 0.3 is 0 Å². The Kier molecular flexibility index (Phi) is 4.41. The molecule has 1 aliphatic rings. The molecule has 2 aromatic heterocycles. The molecule has 0 aliphatic carbocycles. The second-order valence-corrected chi connectivity index (χ2v) is 9.33. The number of sulfonamides is 1. The Balaban J connectivity index is 1.54. The summed E-state index contributed by atoms with van der Waals surface area (Å²) in [5.41, 5.74) is -0.207. The van der Waals surface area contributed by atoms with Crippen LogP contribution in [0.3, 0.4) is 0 Å². The Hall–Kier alpha value is -2.43. The predicted molar refractivity (Wildman–Crippen MR) is 100 cm³/mol. The third kappa shape index (κ3) is 3.09. The minimum Gasteiger partial charge on any atom is -0.459 e. The molecule has 0 atom stereocenters. The maximum Gasteiger partial charge on any atom is 0.289 e. The Morgan fingerprint density at radius 2 is 1.89 bits per heavy atom. The van der Waals surface area contributed by atoms with E-state index >= 15 is 0 Å². The Morgan fingerprint density at radius 3 is 2.56 bits per heavy atom. The van der Waals surface area contributed by atoms with Gasteiger partial charge in [-0.25, -0.2) is 8.42 Å². The lowest BCUT2D eigenvalue weighted by Crippen LogP contribution is -2.50. The second kappa shape index (κ2) is 6.63. The van der Waals surface area contributed by atoms with Crippen LogP contribution >= 0.6 is 11.5 Å². The topological polar surface area (TPSA) is 92.8 Å². The van der Waals surface area contributed by atoms with Crippen LogP contribution < -0.4 is 5.56 Å². The minimum absolute atomic E-state index is 0.0938. The van der Waals surface area contributed by atoms with Crippen LogP contribution in [0.15, 0.2) is 50.7 Å². The smallest absolute Gasteiger partial charge is 0.289 e. The van der Waals surface area contributed by atoms with Crippen molar-refractivity contribution in [1.29, 1.82) is 0 Å². The maximum absolute atomic E-state index is 13.0. The summed E-state index contributed by atoms with van der Waals surface area (Å²) in [5, 5.41) is 0.398. The molecule has 10 heteroatoms. The first-order valence-electron chi connectivity index (χ1n) is 8.31. The van der Waals surface area contributed by atoms with Gasteiger partial charge in [-0.15, -0.1) is 0 Å². The number of piperazine rings is 1. The molecule has 0 radical (unpaired) electrons. The van der Waals surface area contributed by atoms with Crippen molar-refractivity contribution < 1.29 is 17.6 Å². The SMILES string of the molecule is Cn1sc2ccc(S(=O)(=O)N3CCN(C(=O)c4ccco4)CC3)cc2c1=O. The summed E-state index contributed by atoms with van der Waals surface area (Å²) in [6, 6.07) is 7.84. The highest BCUT2D eigenvalue weighted by Crippen LogP contribution is 2.24. The third-order valence-corrected chi connectivity index (χ3v) is 7.49. The molecule has 27 heavy (non-hydrogen) atoms. The van der Waals surface area contributed by atoms with Gasteiger partial charge in [0.2, 0.25) is 10.0 Å². The lowest BCUT2D eigenvalue weighted by atomic mass is 10.3. The van der Waals surface area contributed by atoms with E-state index < -0.39 is 10.0 Å². The van der Waals surface area contributed by atoms with Crippen molar-refractivity contribution in [2.75, 3.05) is 26.2 Å². The van der Waals surface area contributed by atoms with Gasteiger partial charge in [-0.1, -0.05) is 11.5 Å². The van der Waals surface area contributed by atoms with Crippen molar-refractivity contribution in [1.82, 2.24) is 13.2 Å². The highest BCUT2D eigenvalue weighted by atomic mass is 32.2. The van der Waals surface area contributed by atoms with Crippen molar-refractivity contribution in [3.05, 3.63) is 52.7 Å². The van der Waals surface area contributed by atoms with Crippen LogP contribution in [0.25, 0.3) is 10.1 Å². The van der Waals surface area contributed by atoms with Gasteiger partial charge in [-0.3, -0.25) is 13.5 Å². The van der Waals surface area contributed by atoms with E-state index in [-0.39, 0.29) is 48.3 Å². The molecule has 1 aromatic carbocycles. The fourth-order valence-electron chi connectivity index (χ4n) is 3.11. The first-order chi connectivity index (χ1) is 12.9. The molecular weight excluding hydrogens is 390 g/mol. The van der Waals surface area contributed by atoms with Gasteiger partial charge in [0.25, 0.3) is 11.5 Å². The van der Waals surface area contributed by atoms with Crippen molar-refractivity contribution in [2.45, 2.75) is 4.90 Å². The van der Waals surface area contributed by atoms with Gasteiger partial charge < -0.3 is 9.32 Å². The molecule has 0 saturated carbocycles. The van der Waals surface area contributed by atoms with Crippen LogP contribution in [0.2, 0.25) is 0 Å². The van der Waals surface area contributed by atoms with Crippen LogP contribution in [0.1, 0.15) is 10.6 Å². The highest BCUT2D eigenvalue weighted by Gasteiger charge is 2.31. The van der Waals surface area contributed by atoms with Crippen molar-refractivity contribution in [2.24, 2.45) is 7.05 Å². The van der Waals surface area contributed by atoms with Crippen molar-refractivity contribution >= 4 is 37.5 Å². The van der Waals surface area contributed by atoms with E-state index in [9.17, 15) is 18.0 Å². The van der Waals surface area contributed by atoms with Gasteiger partial charge in [0, 0.05) is 33.2 Å². The van der Waals surface area contributed by atoms with Gasteiger partial charge in [-0.05, 0) is 30.3 Å². The summed E-state index contributed by atoms with van der Waals surface area (Å²) >= 11 is 1.28. The number of nitrogens with zero attached hydrogens (tertiary/aromatic N) is 3. The largest absolute Gasteiger partial charge is 0.459 e. The molecule has 1 aliphatic heterocycles. The number of hydrogen-bond donors (Lipinski definition) is 0. The standard InChI is InChI=1S/C17H17N3O5S2/c1-18-16(21)13-11-12(4-5-15(13)26-18)27(23,24)20-8-6-19(7-9-20)17(22)14-3-2-10-25-14/h2-5,10-11H,6-9H2,1H3. The molecule has 8 nitrogen and oxygen atoms in total. The molecule has 0 spiro atoms. The van der Waals surface area contributed by atoms with Gasteiger partial charge in [-0.2, -0.15) is 4.31 Å². The number of carbonyl (C=O) groups excluding carboxylic acids is 1. The molecule has 0 bridgehead atoms. The fraction of sp³-hybridized carbons (Fsp3) is 0.294. The fourth-order valence-corrected chi connectivity index (χ4v) is 5.41. The quantitative estimate of drug-likeness (QED) is 0.653. The lowest BCUT2D eigenvalue weighted by Gasteiger charge is -2.33. The molecule has 142 valence electrons. The summed E-state index contributed by atoms with van der Waals surface area (Å²) in [6.07, 6.45) is 1.43. The lowest BCUT2D eigenvalue weighted by molar-refractivity contribution is 0.0666. The van der Waals surface area contributed by atoms with Crippen LogP contribution in [0.5, 0.6) is 0 Å². The highest BCUT2D eigenvalue weighted by molar-refractivity contribution is 7.89. The number of furan rings is 1. The third-order valence-electron chi connectivity index (χ3n) is 4.60. The van der Waals surface area contributed by atoms with E-state index in [0.717, 1.165) is 4.70 Å². The number of benzene rings is 1. The molecule has 0 N–H and O–H groups in total. The second-order valence-electron chi connectivity index (χ2n) is 6.23. The van der Waals surface area contributed by atoms with Crippen LogP contribution in [-0.4, -0.2) is 53.7 Å². The normalized spacial score (nSPS) is 16.1. The number of aryl methyl sites for hydroxylation is 1. The van der Waals surface area contributed by atoms with Crippen LogP contribution in [0, 0.1) is 0 Å². The number of hydrogen-bond acceptors (Lipinski definition) is 6. The molecule has 1 saturated heterocycles. The van der Waals surface area contributed by atoms with Crippen LogP contribution in [-0.2, 0) is 17.1 Å². The molecular formula is C17H17N3O5S2. The number of carbonyl (C=O) groups is 1. The Bertz CT molecular complexity index is 1150. The average molecular weight is 407 g/mol. The van der Waals surface area contributed by atoms with E-state index in [1.807, 2.05) is 0 Å². The van der Waals surface area contributed by atoms with E-state index in [1.165, 1.54) is 38.2 Å². The first kappa shape index (κ1) is 18.0. The van der Waals surface area contributed by atoms with E-state index in [4.69, 9.17) is 4.42 Å². The number of aromatic nitrogens is 1. The van der Waals surface area contributed by atoms with E-state index in [0.29, 0.717) is 5.39 Å². The summed E-state index contributed by atoms with van der Waals surface area (Å²) in [7, 11) is -2.09. The van der Waals surface area contributed by atoms with E-state index in [1.54, 1.807) is 30.1 Å². The predicted octanol–water partition coefficient (Wildman–Crippen LogP) is 1.34. The van der Waals surface area contributed by atoms with Gasteiger partial charge in [0.15, 0.2) is 5.76 Å². The summed E-state index contributed by atoms with van der Waals surface area (Å²) < 4.78 is 34.6. The summed E-state index contributed by atoms with van der Waals surface area (Å²) in [5.74, 6) is -0.00898. The van der Waals surface area contributed by atoms with Gasteiger partial charge in [0.05, 0.1) is 21.2 Å². The number of fused-ring (bicyclic) bond motifs is 1. The number of rotatable bonds is 3. The monoisotopic (exact) mass is 407 g/mol. The van der Waals surface area contributed by atoms with Crippen molar-refractivity contribution in [3.8, 4) is 0 Å². The molecule has 3 aromatic rings. The molecule has 1 fully saturated rings. The molecule has 1 amide bonds.